The summed E-state index contributed by atoms with van der Waals surface area (Å²) in [6.07, 6.45) is 2.24. The van der Waals surface area contributed by atoms with Crippen LogP contribution in [0.25, 0.3) is 22.3 Å². The third-order valence-corrected chi connectivity index (χ3v) is 5.66. The van der Waals surface area contributed by atoms with Crippen LogP contribution < -0.4 is 5.73 Å². The number of halogens is 1. The van der Waals surface area contributed by atoms with Gasteiger partial charge in [0.05, 0.1) is 5.39 Å². The molecule has 0 bridgehead atoms. The van der Waals surface area contributed by atoms with E-state index < -0.39 is 0 Å². The molecule has 5 rings (SSSR count). The molecule has 150 valence electrons. The Morgan fingerprint density at radius 1 is 1.10 bits per heavy atom. The topological polar surface area (TPSA) is 89.9 Å². The number of rotatable bonds is 3. The van der Waals surface area contributed by atoms with Gasteiger partial charge < -0.3 is 10.6 Å². The fourth-order valence-corrected chi connectivity index (χ4v) is 4.11. The van der Waals surface area contributed by atoms with Gasteiger partial charge in [-0.15, -0.1) is 0 Å². The second-order valence-electron chi connectivity index (χ2n) is 7.31. The van der Waals surface area contributed by atoms with Crippen LogP contribution in [0.15, 0.2) is 54.9 Å². The number of nitrogens with two attached hydrogens (primary N) is 1. The maximum absolute atomic E-state index is 13.1. The summed E-state index contributed by atoms with van der Waals surface area (Å²) < 4.78 is 1.60. The lowest BCUT2D eigenvalue weighted by Crippen LogP contribution is -2.38. The minimum Gasteiger partial charge on any atom is -0.383 e. The Morgan fingerprint density at radius 2 is 1.93 bits per heavy atom. The van der Waals surface area contributed by atoms with Gasteiger partial charge in [-0.3, -0.25) is 4.79 Å². The average Bonchev–Trinajstić information content (AvgIpc) is 3.13. The molecule has 2 N–H and O–H groups in total. The van der Waals surface area contributed by atoms with Gasteiger partial charge in [0.15, 0.2) is 5.65 Å². The highest BCUT2D eigenvalue weighted by atomic mass is 35.5. The van der Waals surface area contributed by atoms with E-state index >= 15 is 0 Å². The molecule has 0 spiro atoms. The second-order valence-corrected chi connectivity index (χ2v) is 7.74. The average molecular weight is 419 g/mol. The summed E-state index contributed by atoms with van der Waals surface area (Å²) in [5.41, 5.74) is 10.6. The van der Waals surface area contributed by atoms with Crippen molar-refractivity contribution in [1.29, 1.82) is 0 Å². The highest BCUT2D eigenvalue weighted by molar-refractivity contribution is 6.30. The number of anilines is 1. The molecule has 4 aromatic rings. The highest BCUT2D eigenvalue weighted by Gasteiger charge is 2.23. The van der Waals surface area contributed by atoms with Crippen LogP contribution >= 0.6 is 11.6 Å². The maximum atomic E-state index is 13.1. The summed E-state index contributed by atoms with van der Waals surface area (Å²) >= 11 is 6.16. The molecule has 1 aliphatic heterocycles. The predicted octanol–water partition coefficient (Wildman–Crippen LogP) is 3.31. The number of nitrogen functional groups attached to an aromatic ring is 1. The summed E-state index contributed by atoms with van der Waals surface area (Å²) in [6.45, 7) is 1.37. The Bertz CT molecular complexity index is 1270. The molecule has 8 heteroatoms. The number of carbonyl (C=O) groups excluding carboxylic acids is 1. The van der Waals surface area contributed by atoms with Crippen LogP contribution in [0.2, 0.25) is 5.02 Å². The normalized spacial score (nSPS) is 13.4. The van der Waals surface area contributed by atoms with E-state index in [4.69, 9.17) is 17.3 Å². The molecule has 0 unspecified atom stereocenters. The molecule has 2 aromatic heterocycles. The fourth-order valence-electron chi connectivity index (χ4n) is 3.92. The molecule has 0 saturated carbocycles. The third kappa shape index (κ3) is 3.27. The van der Waals surface area contributed by atoms with E-state index in [1.165, 1.54) is 17.5 Å². The largest absolute Gasteiger partial charge is 0.383 e. The van der Waals surface area contributed by atoms with Crippen LogP contribution in [0.5, 0.6) is 0 Å². The quantitative estimate of drug-likeness (QED) is 0.551. The zero-order valence-electron chi connectivity index (χ0n) is 16.1. The van der Waals surface area contributed by atoms with E-state index in [0.717, 1.165) is 12.0 Å². The van der Waals surface area contributed by atoms with E-state index in [1.54, 1.807) is 10.7 Å². The summed E-state index contributed by atoms with van der Waals surface area (Å²) in [6, 6.07) is 15.6. The lowest BCUT2D eigenvalue weighted by molar-refractivity contribution is -0.132. The third-order valence-electron chi connectivity index (χ3n) is 5.43. The van der Waals surface area contributed by atoms with Gasteiger partial charge in [0.25, 0.3) is 0 Å². The van der Waals surface area contributed by atoms with Crippen LogP contribution in [-0.4, -0.2) is 37.1 Å². The SMILES string of the molecule is Nc1ncnc2c1c(-c1cccc(Cl)c1)nn2CC(=O)N1CCc2ccccc2C1. The number of aromatic nitrogens is 4. The second kappa shape index (κ2) is 7.42. The van der Waals surface area contributed by atoms with Crippen LogP contribution in [0.1, 0.15) is 11.1 Å². The predicted molar refractivity (Wildman–Crippen MR) is 116 cm³/mol. The molecule has 0 saturated heterocycles. The molecule has 0 atom stereocenters. The van der Waals surface area contributed by atoms with Crippen LogP contribution in [0, 0.1) is 0 Å². The van der Waals surface area contributed by atoms with Crippen molar-refractivity contribution in [1.82, 2.24) is 24.6 Å². The Kier molecular flexibility index (Phi) is 4.59. The van der Waals surface area contributed by atoms with Gasteiger partial charge in [0.1, 0.15) is 24.4 Å². The lowest BCUT2D eigenvalue weighted by Gasteiger charge is -2.28. The first-order valence-corrected chi connectivity index (χ1v) is 10.1. The van der Waals surface area contributed by atoms with Gasteiger partial charge in [-0.1, -0.05) is 48.0 Å². The first kappa shape index (κ1) is 18.6. The molecular formula is C22H19ClN6O. The first-order valence-electron chi connectivity index (χ1n) is 9.67. The molecule has 7 nitrogen and oxygen atoms in total. The molecule has 1 aliphatic rings. The Morgan fingerprint density at radius 3 is 2.77 bits per heavy atom. The van der Waals surface area contributed by atoms with Gasteiger partial charge in [0.2, 0.25) is 5.91 Å². The van der Waals surface area contributed by atoms with Gasteiger partial charge in [-0.05, 0) is 29.7 Å². The van der Waals surface area contributed by atoms with E-state index in [-0.39, 0.29) is 12.5 Å². The van der Waals surface area contributed by atoms with Gasteiger partial charge in [-0.25, -0.2) is 14.6 Å². The van der Waals surface area contributed by atoms with Crippen molar-refractivity contribution in [3.05, 3.63) is 71.0 Å². The van der Waals surface area contributed by atoms with E-state index in [0.29, 0.717) is 40.7 Å². The molecule has 30 heavy (non-hydrogen) atoms. The molecule has 1 amide bonds. The van der Waals surface area contributed by atoms with Gasteiger partial charge in [-0.2, -0.15) is 5.10 Å². The number of carbonyl (C=O) groups is 1. The summed E-state index contributed by atoms with van der Waals surface area (Å²) in [5, 5.41) is 5.88. The first-order chi connectivity index (χ1) is 14.6. The fraction of sp³-hybridized carbons (Fsp3) is 0.182. The smallest absolute Gasteiger partial charge is 0.244 e. The van der Waals surface area contributed by atoms with Crippen molar-refractivity contribution in [2.45, 2.75) is 19.5 Å². The van der Waals surface area contributed by atoms with Crippen molar-refractivity contribution < 1.29 is 4.79 Å². The van der Waals surface area contributed by atoms with Crippen LogP contribution in [0.3, 0.4) is 0 Å². The number of amides is 1. The summed E-state index contributed by atoms with van der Waals surface area (Å²) in [7, 11) is 0. The molecule has 2 aromatic carbocycles. The number of fused-ring (bicyclic) bond motifs is 2. The molecular weight excluding hydrogens is 400 g/mol. The Balaban J connectivity index is 1.49. The minimum atomic E-state index is -0.0104. The maximum Gasteiger partial charge on any atom is 0.244 e. The molecule has 0 radical (unpaired) electrons. The minimum absolute atomic E-state index is 0.0104. The van der Waals surface area contributed by atoms with Gasteiger partial charge >= 0.3 is 0 Å². The molecule has 3 heterocycles. The Hall–Kier alpha value is -3.45. The zero-order chi connectivity index (χ0) is 20.7. The number of hydrogen-bond donors (Lipinski definition) is 1. The van der Waals surface area contributed by atoms with Crippen LogP contribution in [-0.2, 0) is 24.3 Å². The van der Waals surface area contributed by atoms with E-state index in [9.17, 15) is 4.79 Å². The van der Waals surface area contributed by atoms with Crippen molar-refractivity contribution in [2.24, 2.45) is 0 Å². The van der Waals surface area contributed by atoms with E-state index in [1.807, 2.05) is 35.2 Å². The van der Waals surface area contributed by atoms with Crippen molar-refractivity contribution in [3.8, 4) is 11.3 Å². The lowest BCUT2D eigenvalue weighted by atomic mass is 10.00. The van der Waals surface area contributed by atoms with Crippen molar-refractivity contribution >= 4 is 34.4 Å². The summed E-state index contributed by atoms with van der Waals surface area (Å²) in [5.74, 6) is 0.310. The van der Waals surface area contributed by atoms with E-state index in [2.05, 4.69) is 27.2 Å². The zero-order valence-corrected chi connectivity index (χ0v) is 16.9. The standard InChI is InChI=1S/C22H19ClN6O/c23-17-7-3-6-15(10-17)20-19-21(24)25-13-26-22(19)29(27-20)12-18(30)28-9-8-14-4-1-2-5-16(14)11-28/h1-7,10,13H,8-9,11-12H2,(H2,24,25,26). The number of benzene rings is 2. The van der Waals surface area contributed by atoms with Crippen molar-refractivity contribution in [2.75, 3.05) is 12.3 Å². The summed E-state index contributed by atoms with van der Waals surface area (Å²) in [4.78, 5) is 23.4. The van der Waals surface area contributed by atoms with Crippen LogP contribution in [0.4, 0.5) is 5.82 Å². The van der Waals surface area contributed by atoms with Crippen molar-refractivity contribution in [3.63, 3.8) is 0 Å². The highest BCUT2D eigenvalue weighted by Crippen LogP contribution is 2.31. The molecule has 0 aliphatic carbocycles. The number of hydrogen-bond acceptors (Lipinski definition) is 5. The van der Waals surface area contributed by atoms with Gasteiger partial charge in [0, 0.05) is 23.7 Å². The Labute approximate surface area is 178 Å². The monoisotopic (exact) mass is 418 g/mol. The molecule has 0 fully saturated rings. The number of nitrogens with zero attached hydrogens (tertiary/aromatic N) is 5.